The summed E-state index contributed by atoms with van der Waals surface area (Å²) in [6.07, 6.45) is 0.748. The van der Waals surface area contributed by atoms with Gasteiger partial charge in [-0.15, -0.1) is 0 Å². The summed E-state index contributed by atoms with van der Waals surface area (Å²) >= 11 is 0. The molecule has 0 N–H and O–H groups in total. The van der Waals surface area contributed by atoms with Crippen molar-refractivity contribution in [1.29, 1.82) is 0 Å². The quantitative estimate of drug-likeness (QED) is 0.0685. The van der Waals surface area contributed by atoms with E-state index < -0.39 is 23.6 Å². The second kappa shape index (κ2) is 16.9. The van der Waals surface area contributed by atoms with E-state index in [1.807, 2.05) is 0 Å². The van der Waals surface area contributed by atoms with E-state index in [1.54, 1.807) is 51.1 Å². The first-order valence-corrected chi connectivity index (χ1v) is 14.7. The van der Waals surface area contributed by atoms with Gasteiger partial charge in [-0.3, -0.25) is 4.79 Å². The van der Waals surface area contributed by atoms with Crippen molar-refractivity contribution in [3.05, 3.63) is 90.5 Å². The first-order valence-electron chi connectivity index (χ1n) is 14.7. The van der Waals surface area contributed by atoms with Gasteiger partial charge >= 0.3 is 17.9 Å². The third-order valence-corrected chi connectivity index (χ3v) is 6.39. The highest BCUT2D eigenvalue weighted by atomic mass is 19.1. The number of esters is 3. The van der Waals surface area contributed by atoms with Crippen molar-refractivity contribution in [1.82, 2.24) is 0 Å². The minimum absolute atomic E-state index is 0.0100. The molecule has 0 radical (unpaired) electrons. The number of rotatable bonds is 16. The van der Waals surface area contributed by atoms with Crippen molar-refractivity contribution in [2.45, 2.75) is 40.5 Å². The van der Waals surface area contributed by atoms with E-state index in [0.717, 1.165) is 0 Å². The highest BCUT2D eigenvalue weighted by Gasteiger charge is 2.15. The number of carbonyl (C=O) groups is 3. The predicted octanol–water partition coefficient (Wildman–Crippen LogP) is 7.64. The van der Waals surface area contributed by atoms with Gasteiger partial charge in [0.15, 0.2) is 23.1 Å². The number of ether oxygens (including phenoxy) is 5. The van der Waals surface area contributed by atoms with Gasteiger partial charge in [0.2, 0.25) is 0 Å². The Morgan fingerprint density at radius 2 is 1.13 bits per heavy atom. The first kappa shape index (κ1) is 35.5. The van der Waals surface area contributed by atoms with Crippen molar-refractivity contribution in [3.63, 3.8) is 0 Å². The predicted molar refractivity (Wildman–Crippen MR) is 169 cm³/mol. The summed E-state index contributed by atoms with van der Waals surface area (Å²) in [6.45, 7) is 14.2. The van der Waals surface area contributed by atoms with Crippen LogP contribution < -0.4 is 14.2 Å². The number of hydrogen-bond acceptors (Lipinski definition) is 8. The molecule has 3 aromatic rings. The molecule has 0 amide bonds. The lowest BCUT2D eigenvalue weighted by molar-refractivity contribution is -0.147. The molecule has 0 bridgehead atoms. The topological polar surface area (TPSA) is 97.4 Å². The molecule has 0 spiro atoms. The minimum atomic E-state index is -0.652. The van der Waals surface area contributed by atoms with Crippen LogP contribution in [0.5, 0.6) is 17.2 Å². The molecule has 244 valence electrons. The average molecular weight is 637 g/mol. The molecule has 0 aliphatic carbocycles. The molecule has 3 aromatic carbocycles. The fourth-order valence-corrected chi connectivity index (χ4v) is 3.89. The molecule has 0 unspecified atom stereocenters. The van der Waals surface area contributed by atoms with E-state index in [4.69, 9.17) is 23.7 Å². The van der Waals surface area contributed by atoms with Gasteiger partial charge in [-0.2, -0.15) is 0 Å². The SMILES string of the molecule is C=C(C)C(=O)OCCCOc1ccc(-c2cc(OC(=O)C(=C)C)cc(-c3ccc(OCCCOC(=O)C(C)C)c(F)c3)c2)cc1F. The standard InChI is InChI=1S/C36H38F2O8/c1-22(2)34(39)44-15-7-13-42-32-11-9-25(20-30(32)37)27-17-28(19-29(18-27)46-36(41)24(5)6)26-10-12-33(31(38)21-26)43-14-8-16-45-35(40)23(3)4/h9-12,17-21,23H,1,5,7-8,13-16H2,2-4,6H3. The Hall–Kier alpha value is -4.99. The largest absolute Gasteiger partial charge is 0.490 e. The zero-order valence-electron chi connectivity index (χ0n) is 26.5. The Morgan fingerprint density at radius 3 is 1.57 bits per heavy atom. The van der Waals surface area contributed by atoms with Gasteiger partial charge in [-0.05, 0) is 78.6 Å². The highest BCUT2D eigenvalue weighted by molar-refractivity contribution is 5.89. The van der Waals surface area contributed by atoms with Crippen LogP contribution in [-0.2, 0) is 23.9 Å². The van der Waals surface area contributed by atoms with Gasteiger partial charge in [-0.25, -0.2) is 18.4 Å². The van der Waals surface area contributed by atoms with Crippen LogP contribution in [0.3, 0.4) is 0 Å². The van der Waals surface area contributed by atoms with Crippen LogP contribution in [0.2, 0.25) is 0 Å². The van der Waals surface area contributed by atoms with E-state index in [0.29, 0.717) is 35.1 Å². The molecule has 10 heteroatoms. The fraction of sp³-hybridized carbons (Fsp3) is 0.306. The Morgan fingerprint density at radius 1 is 0.652 bits per heavy atom. The van der Waals surface area contributed by atoms with Crippen LogP contribution in [0.25, 0.3) is 22.3 Å². The summed E-state index contributed by atoms with van der Waals surface area (Å²) < 4.78 is 56.7. The number of benzene rings is 3. The van der Waals surface area contributed by atoms with Crippen molar-refractivity contribution in [2.24, 2.45) is 5.92 Å². The van der Waals surface area contributed by atoms with E-state index in [-0.39, 0.29) is 66.7 Å². The van der Waals surface area contributed by atoms with Crippen molar-refractivity contribution >= 4 is 17.9 Å². The van der Waals surface area contributed by atoms with Gasteiger partial charge in [0.05, 0.1) is 32.3 Å². The van der Waals surface area contributed by atoms with Crippen molar-refractivity contribution in [3.8, 4) is 39.5 Å². The van der Waals surface area contributed by atoms with Crippen LogP contribution in [-0.4, -0.2) is 44.3 Å². The summed E-state index contributed by atoms with van der Waals surface area (Å²) in [6, 6.07) is 13.6. The van der Waals surface area contributed by atoms with Crippen LogP contribution in [0.4, 0.5) is 8.78 Å². The molecule has 0 aliphatic rings. The normalized spacial score (nSPS) is 10.7. The lowest BCUT2D eigenvalue weighted by Gasteiger charge is -2.14. The average Bonchev–Trinajstić information content (AvgIpc) is 3.01. The Bertz CT molecular complexity index is 1590. The van der Waals surface area contributed by atoms with E-state index in [1.165, 1.54) is 31.2 Å². The minimum Gasteiger partial charge on any atom is -0.490 e. The molecule has 0 atom stereocenters. The molecule has 3 rings (SSSR count). The summed E-state index contributed by atoms with van der Waals surface area (Å²) in [4.78, 5) is 35.3. The second-order valence-corrected chi connectivity index (χ2v) is 10.8. The van der Waals surface area contributed by atoms with Crippen LogP contribution in [0.15, 0.2) is 78.9 Å². The third kappa shape index (κ3) is 10.6. The molecule has 0 saturated heterocycles. The number of halogens is 2. The van der Waals surface area contributed by atoms with E-state index in [9.17, 15) is 14.4 Å². The monoisotopic (exact) mass is 636 g/mol. The van der Waals surface area contributed by atoms with Gasteiger partial charge in [0.1, 0.15) is 5.75 Å². The van der Waals surface area contributed by atoms with Gasteiger partial charge in [0, 0.05) is 24.0 Å². The zero-order valence-corrected chi connectivity index (χ0v) is 26.5. The van der Waals surface area contributed by atoms with Crippen LogP contribution >= 0.6 is 0 Å². The highest BCUT2D eigenvalue weighted by Crippen LogP contribution is 2.35. The summed E-state index contributed by atoms with van der Waals surface area (Å²) in [5, 5.41) is 0. The van der Waals surface area contributed by atoms with Crippen LogP contribution in [0, 0.1) is 17.6 Å². The molecule has 0 aromatic heterocycles. The maximum atomic E-state index is 15.0. The second-order valence-electron chi connectivity index (χ2n) is 10.8. The summed E-state index contributed by atoms with van der Waals surface area (Å²) in [5.41, 5.74) is 2.37. The lowest BCUT2D eigenvalue weighted by Crippen LogP contribution is -2.14. The van der Waals surface area contributed by atoms with E-state index in [2.05, 4.69) is 13.2 Å². The number of carbonyl (C=O) groups excluding carboxylic acids is 3. The Kier molecular flexibility index (Phi) is 13.0. The maximum absolute atomic E-state index is 15.0. The first-order chi connectivity index (χ1) is 21.8. The van der Waals surface area contributed by atoms with E-state index >= 15 is 8.78 Å². The molecule has 46 heavy (non-hydrogen) atoms. The lowest BCUT2D eigenvalue weighted by atomic mass is 9.98. The fourth-order valence-electron chi connectivity index (χ4n) is 3.89. The zero-order chi connectivity index (χ0) is 33.8. The van der Waals surface area contributed by atoms with Gasteiger partial charge < -0.3 is 23.7 Å². The Labute approximate surface area is 267 Å². The molecular weight excluding hydrogens is 598 g/mol. The smallest absolute Gasteiger partial charge is 0.338 e. The number of hydrogen-bond donors (Lipinski definition) is 0. The molecule has 8 nitrogen and oxygen atoms in total. The maximum Gasteiger partial charge on any atom is 0.338 e. The molecule has 0 aliphatic heterocycles. The molecular formula is C36H38F2O8. The van der Waals surface area contributed by atoms with Gasteiger partial charge in [-0.1, -0.05) is 39.1 Å². The van der Waals surface area contributed by atoms with Gasteiger partial charge in [0.25, 0.3) is 0 Å². The van der Waals surface area contributed by atoms with Crippen LogP contribution in [0.1, 0.15) is 40.5 Å². The summed E-state index contributed by atoms with van der Waals surface area (Å²) in [5.74, 6) is -2.76. The van der Waals surface area contributed by atoms with Crippen molar-refractivity contribution in [2.75, 3.05) is 26.4 Å². The molecule has 0 heterocycles. The molecule has 0 saturated carbocycles. The molecule has 0 fully saturated rings. The van der Waals surface area contributed by atoms with Crippen molar-refractivity contribution < 1.29 is 46.8 Å². The summed E-state index contributed by atoms with van der Waals surface area (Å²) in [7, 11) is 0. The Balaban J connectivity index is 1.77. The third-order valence-electron chi connectivity index (χ3n) is 6.39.